The largest absolute Gasteiger partial charge is 0.491 e. The molecule has 7 nitrogen and oxygen atoms in total. The number of likely N-dealkylation sites (tertiary alicyclic amines) is 1. The van der Waals surface area contributed by atoms with Gasteiger partial charge >= 0.3 is 0 Å². The van der Waals surface area contributed by atoms with E-state index in [0.29, 0.717) is 37.2 Å². The Labute approximate surface area is 193 Å². The summed E-state index contributed by atoms with van der Waals surface area (Å²) < 4.78 is 7.44. The molecule has 0 unspecified atom stereocenters. The summed E-state index contributed by atoms with van der Waals surface area (Å²) in [7, 11) is 0. The van der Waals surface area contributed by atoms with Crippen molar-refractivity contribution in [2.45, 2.75) is 32.7 Å². The zero-order valence-electron chi connectivity index (χ0n) is 18.9. The number of carbonyl (C=O) groups is 3. The molecule has 0 saturated carbocycles. The second-order valence-electron chi connectivity index (χ2n) is 8.33. The number of ether oxygens (including phenoxy) is 1. The molecule has 1 aliphatic heterocycles. The third kappa shape index (κ3) is 5.25. The van der Waals surface area contributed by atoms with Crippen LogP contribution < -0.4 is 10.1 Å². The molecule has 1 saturated heterocycles. The zero-order valence-corrected chi connectivity index (χ0v) is 18.9. The van der Waals surface area contributed by atoms with Crippen LogP contribution in [0.4, 0.5) is 0 Å². The van der Waals surface area contributed by atoms with Gasteiger partial charge in [-0.25, -0.2) is 0 Å². The first-order valence-corrected chi connectivity index (χ1v) is 11.4. The van der Waals surface area contributed by atoms with Gasteiger partial charge in [-0.1, -0.05) is 36.4 Å². The van der Waals surface area contributed by atoms with Crippen molar-refractivity contribution < 1.29 is 19.1 Å². The monoisotopic (exact) mass is 447 g/mol. The number of amides is 2. The van der Waals surface area contributed by atoms with Crippen molar-refractivity contribution in [3.05, 3.63) is 65.9 Å². The Morgan fingerprint density at radius 3 is 2.48 bits per heavy atom. The lowest BCUT2D eigenvalue weighted by Gasteiger charge is -2.25. The van der Waals surface area contributed by atoms with Gasteiger partial charge in [0.2, 0.25) is 5.91 Å². The van der Waals surface area contributed by atoms with Crippen LogP contribution in [0.15, 0.2) is 54.7 Å². The Bertz CT molecular complexity index is 1160. The van der Waals surface area contributed by atoms with Crippen LogP contribution in [0.2, 0.25) is 0 Å². The summed E-state index contributed by atoms with van der Waals surface area (Å²) in [6.07, 6.45) is 4.56. The van der Waals surface area contributed by atoms with Crippen molar-refractivity contribution in [2.24, 2.45) is 0 Å². The topological polar surface area (TPSA) is 80.6 Å². The third-order valence-corrected chi connectivity index (χ3v) is 5.96. The number of hydrogen-bond donors (Lipinski definition) is 1. The molecule has 2 amide bonds. The Hall–Kier alpha value is -3.61. The number of ketones is 1. The second-order valence-corrected chi connectivity index (χ2v) is 8.33. The summed E-state index contributed by atoms with van der Waals surface area (Å²) in [6, 6.07) is 15.1. The van der Waals surface area contributed by atoms with Gasteiger partial charge in [0.05, 0.1) is 12.1 Å². The van der Waals surface area contributed by atoms with Crippen LogP contribution >= 0.6 is 0 Å². The third-order valence-electron chi connectivity index (χ3n) is 5.96. The SMILES string of the molecule is Cc1ccccc1OCCNC(=O)Cn1cc(C(=O)C(=O)N2CCCCC2)c2ccccc21. The Balaban J connectivity index is 1.40. The van der Waals surface area contributed by atoms with Crippen LogP contribution in [-0.2, 0) is 16.1 Å². The molecule has 7 heteroatoms. The lowest BCUT2D eigenvalue weighted by atomic mass is 10.1. The normalized spacial score (nSPS) is 13.7. The fourth-order valence-electron chi connectivity index (χ4n) is 4.19. The van der Waals surface area contributed by atoms with Gasteiger partial charge in [-0.15, -0.1) is 0 Å². The summed E-state index contributed by atoms with van der Waals surface area (Å²) >= 11 is 0. The van der Waals surface area contributed by atoms with Gasteiger partial charge in [-0.3, -0.25) is 14.4 Å². The molecular weight excluding hydrogens is 418 g/mol. The molecule has 4 rings (SSSR count). The average molecular weight is 448 g/mol. The number of nitrogens with one attached hydrogen (secondary N) is 1. The number of Topliss-reactive ketones (excluding diaryl/α,β-unsaturated/α-hetero) is 1. The van der Waals surface area contributed by atoms with Crippen molar-refractivity contribution in [3.8, 4) is 5.75 Å². The van der Waals surface area contributed by atoms with E-state index in [-0.39, 0.29) is 12.5 Å². The quantitative estimate of drug-likeness (QED) is 0.326. The maximum atomic E-state index is 13.0. The van der Waals surface area contributed by atoms with Crippen molar-refractivity contribution in [1.29, 1.82) is 0 Å². The molecule has 2 heterocycles. The van der Waals surface area contributed by atoms with E-state index in [9.17, 15) is 14.4 Å². The first kappa shape index (κ1) is 22.6. The number of para-hydroxylation sites is 2. The van der Waals surface area contributed by atoms with Gasteiger partial charge in [-0.05, 0) is 43.9 Å². The van der Waals surface area contributed by atoms with Gasteiger partial charge in [0.15, 0.2) is 0 Å². The zero-order chi connectivity index (χ0) is 23.2. The van der Waals surface area contributed by atoms with E-state index in [1.54, 1.807) is 15.7 Å². The van der Waals surface area contributed by atoms with Crippen LogP contribution in [0.5, 0.6) is 5.75 Å². The van der Waals surface area contributed by atoms with Crippen molar-refractivity contribution in [2.75, 3.05) is 26.2 Å². The molecule has 2 aromatic carbocycles. The number of piperidine rings is 1. The van der Waals surface area contributed by atoms with Crippen LogP contribution in [0.25, 0.3) is 10.9 Å². The van der Waals surface area contributed by atoms with E-state index >= 15 is 0 Å². The van der Waals surface area contributed by atoms with E-state index in [1.165, 1.54) is 0 Å². The number of aromatic nitrogens is 1. The summed E-state index contributed by atoms with van der Waals surface area (Å²) in [5, 5.41) is 3.54. The Morgan fingerprint density at radius 2 is 1.70 bits per heavy atom. The number of benzene rings is 2. The number of fused-ring (bicyclic) bond motifs is 1. The molecule has 0 atom stereocenters. The fourth-order valence-corrected chi connectivity index (χ4v) is 4.19. The van der Waals surface area contributed by atoms with E-state index in [2.05, 4.69) is 5.32 Å². The predicted octanol–water partition coefficient (Wildman–Crippen LogP) is 3.34. The number of aryl methyl sites for hydroxylation is 1. The smallest absolute Gasteiger partial charge is 0.295 e. The summed E-state index contributed by atoms with van der Waals surface area (Å²) in [5.41, 5.74) is 2.13. The van der Waals surface area contributed by atoms with Gasteiger partial charge in [0.1, 0.15) is 18.9 Å². The molecular formula is C26H29N3O4. The lowest BCUT2D eigenvalue weighted by Crippen LogP contribution is -2.40. The molecule has 1 fully saturated rings. The molecule has 0 bridgehead atoms. The minimum atomic E-state index is -0.515. The maximum Gasteiger partial charge on any atom is 0.295 e. The van der Waals surface area contributed by atoms with E-state index in [4.69, 9.17) is 4.74 Å². The van der Waals surface area contributed by atoms with Crippen molar-refractivity contribution in [3.63, 3.8) is 0 Å². The fraction of sp³-hybridized carbons (Fsp3) is 0.346. The molecule has 0 aliphatic carbocycles. The summed E-state index contributed by atoms with van der Waals surface area (Å²) in [5.74, 6) is -0.371. The van der Waals surface area contributed by atoms with Crippen LogP contribution in [-0.4, -0.2) is 53.3 Å². The standard InChI is InChI=1S/C26H29N3O4/c1-19-9-3-6-12-23(19)33-16-13-27-24(30)18-29-17-21(20-10-4-5-11-22(20)29)25(31)26(32)28-14-7-2-8-15-28/h3-6,9-12,17H,2,7-8,13-16,18H2,1H3,(H,27,30). The van der Waals surface area contributed by atoms with Gasteiger partial charge in [0.25, 0.3) is 11.7 Å². The average Bonchev–Trinajstić information content (AvgIpc) is 3.21. The summed E-state index contributed by atoms with van der Waals surface area (Å²) in [4.78, 5) is 40.0. The van der Waals surface area contributed by atoms with Crippen LogP contribution in [0.3, 0.4) is 0 Å². The van der Waals surface area contributed by atoms with Gasteiger partial charge in [0, 0.05) is 30.2 Å². The minimum Gasteiger partial charge on any atom is -0.491 e. The predicted molar refractivity (Wildman–Crippen MR) is 126 cm³/mol. The molecule has 0 radical (unpaired) electrons. The van der Waals surface area contributed by atoms with Gasteiger partial charge in [-0.2, -0.15) is 0 Å². The molecule has 1 aliphatic rings. The van der Waals surface area contributed by atoms with E-state index in [0.717, 1.165) is 36.1 Å². The number of rotatable bonds is 8. The lowest BCUT2D eigenvalue weighted by molar-refractivity contribution is -0.127. The maximum absolute atomic E-state index is 13.0. The Kier molecular flexibility index (Phi) is 7.07. The van der Waals surface area contributed by atoms with Crippen molar-refractivity contribution >= 4 is 28.5 Å². The summed E-state index contributed by atoms with van der Waals surface area (Å²) in [6.45, 7) is 3.99. The van der Waals surface area contributed by atoms with Crippen LogP contribution in [0.1, 0.15) is 35.2 Å². The minimum absolute atomic E-state index is 0.0516. The Morgan fingerprint density at radius 1 is 0.970 bits per heavy atom. The van der Waals surface area contributed by atoms with E-state index < -0.39 is 11.7 Å². The number of carbonyl (C=O) groups excluding carboxylic acids is 3. The van der Waals surface area contributed by atoms with Crippen LogP contribution in [0, 0.1) is 6.92 Å². The first-order chi connectivity index (χ1) is 16.0. The number of hydrogen-bond acceptors (Lipinski definition) is 4. The first-order valence-electron chi connectivity index (χ1n) is 11.4. The van der Waals surface area contributed by atoms with E-state index in [1.807, 2.05) is 55.5 Å². The highest BCUT2D eigenvalue weighted by Gasteiger charge is 2.27. The molecule has 33 heavy (non-hydrogen) atoms. The molecule has 0 spiro atoms. The van der Waals surface area contributed by atoms with Gasteiger partial charge < -0.3 is 19.5 Å². The highest BCUT2D eigenvalue weighted by Crippen LogP contribution is 2.23. The molecule has 1 N–H and O–H groups in total. The highest BCUT2D eigenvalue weighted by atomic mass is 16.5. The highest BCUT2D eigenvalue weighted by molar-refractivity contribution is 6.44. The molecule has 172 valence electrons. The molecule has 3 aromatic rings. The second kappa shape index (κ2) is 10.3. The van der Waals surface area contributed by atoms with Crippen molar-refractivity contribution in [1.82, 2.24) is 14.8 Å². The number of nitrogens with zero attached hydrogens (tertiary/aromatic N) is 2. The molecule has 1 aromatic heterocycles.